The van der Waals surface area contributed by atoms with E-state index in [4.69, 9.17) is 18.2 Å². The standard InChI is InChI=1S/C62H51N5OS.C32H30BrN3S.C30H22N2O.2B/c1-61(2,3)43-24-35-52-50(38-43)51-39-44(62(4,5)6)25-36-53(51)66(52)47-28-22-42(23-29-47)49-34-37-56(60-59(49)63-69-64-60)65(45-26-20-41(21-27-45)40-14-8-7-9-15-40)46-30-32-48(33-31-46)67-54-16-10-12-18-57(54)68-58-19-13-11-17-55(58)67;1-31(2,3)20-9-15-27-24(17-20)25-18-21(32(4,5)6)10-16-28(25)36(27)22-11-7-19(8-12-22)23-13-14-26(33)30-29(23)34-37-35-30;1-2-8-22(9-3-1)23-14-16-24(17-15-23)31-25-18-20-26(21-19-25)32-27-10-4-6-12-29(27)33-30-13-7-5-11-28(30)32;;/h7-39H,1-6H3;7-18H,1-6H3;1-21,31H;;. The van der Waals surface area contributed by atoms with Crippen LogP contribution >= 0.6 is 39.4 Å². The molecule has 0 atom stereocenters. The van der Waals surface area contributed by atoms with Crippen molar-refractivity contribution in [1.82, 2.24) is 26.6 Å². The molecule has 0 fully saturated rings. The second kappa shape index (κ2) is 37.7. The molecule has 4 aromatic heterocycles. The summed E-state index contributed by atoms with van der Waals surface area (Å²) in [5.41, 5.74) is 36.7. The predicted molar refractivity (Wildman–Crippen MR) is 600 cm³/mol. The third-order valence-corrected chi connectivity index (χ3v) is 28.4. The van der Waals surface area contributed by atoms with Gasteiger partial charge in [-0.3, -0.25) is 0 Å². The molecule has 0 bridgehead atoms. The molecule has 0 saturated carbocycles. The number of hydrogen-bond donors (Lipinski definition) is 1. The number of nitrogens with one attached hydrogen (secondary N) is 1. The molecule has 2 aliphatic rings. The van der Waals surface area contributed by atoms with E-state index in [0.717, 1.165) is 151 Å². The fourth-order valence-electron chi connectivity index (χ4n) is 19.2. The molecule has 18 aromatic carbocycles. The van der Waals surface area contributed by atoms with Crippen LogP contribution in [-0.4, -0.2) is 43.5 Å². The van der Waals surface area contributed by atoms with E-state index in [1.807, 2.05) is 66.7 Å². The third kappa shape index (κ3) is 18.0. The summed E-state index contributed by atoms with van der Waals surface area (Å²) in [7, 11) is 0. The van der Waals surface area contributed by atoms with Gasteiger partial charge in [-0.05, 0) is 306 Å². The highest BCUT2D eigenvalue weighted by Gasteiger charge is 2.31. The molecule has 686 valence electrons. The Hall–Kier alpha value is -15.4. The molecule has 22 aromatic rings. The number of benzene rings is 18. The van der Waals surface area contributed by atoms with E-state index in [9.17, 15) is 0 Å². The fraction of sp³-hybridized carbons (Fsp3) is 0.129. The Morgan fingerprint density at radius 3 is 0.922 bits per heavy atom. The van der Waals surface area contributed by atoms with Crippen LogP contribution in [0.15, 0.2) is 405 Å². The maximum absolute atomic E-state index is 6.34. The Morgan fingerprint density at radius 1 is 0.270 bits per heavy atom. The quantitative estimate of drug-likeness (QED) is 0.112. The summed E-state index contributed by atoms with van der Waals surface area (Å²) in [4.78, 5) is 6.81. The van der Waals surface area contributed by atoms with Crippen LogP contribution in [0.4, 0.5) is 62.6 Å². The zero-order valence-corrected chi connectivity index (χ0v) is 84.0. The summed E-state index contributed by atoms with van der Waals surface area (Å²) in [6, 6.07) is 143. The van der Waals surface area contributed by atoms with Gasteiger partial charge in [-0.2, -0.15) is 17.5 Å². The van der Waals surface area contributed by atoms with Crippen molar-refractivity contribution in [3.63, 3.8) is 0 Å². The summed E-state index contributed by atoms with van der Waals surface area (Å²) in [6.45, 7) is 27.4. The lowest BCUT2D eigenvalue weighted by Crippen LogP contribution is -2.16. The number of ether oxygens (including phenoxy) is 2. The lowest BCUT2D eigenvalue weighted by atomic mass is 9.85. The molecule has 17 heteroatoms. The van der Waals surface area contributed by atoms with Gasteiger partial charge in [0.25, 0.3) is 0 Å². The van der Waals surface area contributed by atoms with Crippen LogP contribution in [0.1, 0.15) is 105 Å². The molecular formula is C124H103B2BrN10O2S2. The summed E-state index contributed by atoms with van der Waals surface area (Å²) in [5, 5.41) is 8.68. The minimum Gasteiger partial charge on any atom is -0.453 e. The molecule has 0 spiro atoms. The van der Waals surface area contributed by atoms with Crippen molar-refractivity contribution in [3.05, 3.63) is 427 Å². The van der Waals surface area contributed by atoms with Crippen molar-refractivity contribution in [2.45, 2.75) is 105 Å². The number of rotatable bonds is 13. The van der Waals surface area contributed by atoms with Crippen LogP contribution in [0.25, 0.3) is 122 Å². The highest BCUT2D eigenvalue weighted by Crippen LogP contribution is 2.54. The Balaban J connectivity index is 0.000000142. The van der Waals surface area contributed by atoms with E-state index in [1.54, 1.807) is 0 Å². The summed E-state index contributed by atoms with van der Waals surface area (Å²) < 4.78 is 37.3. The SMILES string of the molecule is CC(C)(C)c1ccc2c(c1)c1cc(C(C)(C)C)ccc1n2-c1ccc(-c2ccc(Br)c3nsnc23)cc1.CC(C)(C)c1ccc2c(c1)c1cc(C(C)(C)C)ccc1n2-c1ccc(-c2ccc(N(c3ccc(-c4ccccc4)cc3)c3ccc(N4c5ccccc5Oc5ccccc54)cc3)c3nsnc23)cc1.[B].[B].c1ccc(-c2ccc(Nc3ccc(N4c5ccccc5Oc5ccccc54)cc3)cc2)cc1. The van der Waals surface area contributed by atoms with E-state index in [-0.39, 0.29) is 38.5 Å². The smallest absolute Gasteiger partial charge is 0.151 e. The van der Waals surface area contributed by atoms with Crippen LogP contribution < -0.4 is 29.5 Å². The molecular weight excluding hydrogens is 1830 g/mol. The first-order valence-corrected chi connectivity index (χ1v) is 49.6. The zero-order chi connectivity index (χ0) is 95.2. The van der Waals surface area contributed by atoms with Crippen molar-refractivity contribution in [1.29, 1.82) is 0 Å². The first-order chi connectivity index (χ1) is 67.3. The zero-order valence-electron chi connectivity index (χ0n) is 80.8. The maximum Gasteiger partial charge on any atom is 0.151 e. The topological polar surface area (TPSA) is 102 Å². The average molecular weight is 1930 g/mol. The Labute approximate surface area is 844 Å². The van der Waals surface area contributed by atoms with Crippen molar-refractivity contribution < 1.29 is 9.47 Å². The molecule has 0 unspecified atom stereocenters. The number of nitrogens with zero attached hydrogens (tertiary/aromatic N) is 9. The maximum atomic E-state index is 6.34. The molecule has 0 saturated heterocycles. The minimum atomic E-state index is 0. The van der Waals surface area contributed by atoms with Crippen LogP contribution in [0.2, 0.25) is 0 Å². The summed E-state index contributed by atoms with van der Waals surface area (Å²) in [5.74, 6) is 3.36. The van der Waals surface area contributed by atoms with Crippen LogP contribution in [0.3, 0.4) is 0 Å². The number of aromatic nitrogens is 6. The van der Waals surface area contributed by atoms with E-state index < -0.39 is 0 Å². The van der Waals surface area contributed by atoms with Gasteiger partial charge in [0.2, 0.25) is 0 Å². The van der Waals surface area contributed by atoms with Crippen molar-refractivity contribution in [2.75, 3.05) is 20.0 Å². The van der Waals surface area contributed by atoms with Crippen molar-refractivity contribution >= 4 is 184 Å². The van der Waals surface area contributed by atoms with E-state index in [0.29, 0.717) is 0 Å². The molecule has 0 aliphatic carbocycles. The van der Waals surface area contributed by atoms with Gasteiger partial charge in [0.15, 0.2) is 23.0 Å². The molecule has 24 rings (SSSR count). The molecule has 12 nitrogen and oxygen atoms in total. The van der Waals surface area contributed by atoms with Crippen LogP contribution in [0.5, 0.6) is 23.0 Å². The van der Waals surface area contributed by atoms with Gasteiger partial charge >= 0.3 is 0 Å². The van der Waals surface area contributed by atoms with Crippen LogP contribution in [-0.2, 0) is 21.7 Å². The van der Waals surface area contributed by atoms with Gasteiger partial charge < -0.3 is 38.6 Å². The molecule has 2 aliphatic heterocycles. The number of halogens is 1. The van der Waals surface area contributed by atoms with E-state index >= 15 is 0 Å². The van der Waals surface area contributed by atoms with Crippen molar-refractivity contribution in [2.24, 2.45) is 0 Å². The largest absolute Gasteiger partial charge is 0.453 e. The van der Waals surface area contributed by atoms with Crippen molar-refractivity contribution in [3.8, 4) is 78.9 Å². The third-order valence-electron chi connectivity index (χ3n) is 26.7. The summed E-state index contributed by atoms with van der Waals surface area (Å²) in [6.07, 6.45) is 0. The molecule has 1 N–H and O–H groups in total. The van der Waals surface area contributed by atoms with Gasteiger partial charge in [-0.25, -0.2) is 0 Å². The highest BCUT2D eigenvalue weighted by molar-refractivity contribution is 9.10. The van der Waals surface area contributed by atoms with E-state index in [2.05, 4.69) is 471 Å². The lowest BCUT2D eigenvalue weighted by Gasteiger charge is -2.33. The Morgan fingerprint density at radius 2 is 0.553 bits per heavy atom. The summed E-state index contributed by atoms with van der Waals surface area (Å²) >= 11 is 6.10. The second-order valence-electron chi connectivity index (χ2n) is 40.0. The van der Waals surface area contributed by atoms with Gasteiger partial charge in [0, 0.05) is 99.5 Å². The lowest BCUT2D eigenvalue weighted by molar-refractivity contribution is 0.477. The average Bonchev–Trinajstić information content (AvgIpc) is 1.60. The van der Waals surface area contributed by atoms with Gasteiger partial charge in [0.05, 0.1) is 74.0 Å². The van der Waals surface area contributed by atoms with Gasteiger partial charge in [-0.15, -0.1) is 0 Å². The highest BCUT2D eigenvalue weighted by atomic mass is 79.9. The molecule has 6 radical (unpaired) electrons. The number of anilines is 11. The molecule has 6 heterocycles. The molecule has 0 amide bonds. The number of hydrogen-bond acceptors (Lipinski definition) is 12. The monoisotopic (exact) mass is 1930 g/mol. The predicted octanol–water partition coefficient (Wildman–Crippen LogP) is 35.5. The van der Waals surface area contributed by atoms with E-state index in [1.165, 1.54) is 106 Å². The van der Waals surface area contributed by atoms with Gasteiger partial charge in [0.1, 0.15) is 22.1 Å². The first-order valence-electron chi connectivity index (χ1n) is 47.3. The first kappa shape index (κ1) is 93.3. The van der Waals surface area contributed by atoms with Gasteiger partial charge in [-0.1, -0.05) is 271 Å². The minimum absolute atomic E-state index is 0. The number of para-hydroxylation sites is 8. The molecule has 141 heavy (non-hydrogen) atoms. The normalized spacial score (nSPS) is 12.3. The Kier molecular flexibility index (Phi) is 25.0. The Bertz CT molecular complexity index is 8160. The second-order valence-corrected chi connectivity index (χ2v) is 41.9. The fourth-order valence-corrected chi connectivity index (χ4v) is 20.9. The van der Waals surface area contributed by atoms with Crippen LogP contribution in [0, 0.1) is 0 Å². The number of fused-ring (bicyclic) bond motifs is 12.